The lowest BCUT2D eigenvalue weighted by Crippen LogP contribution is -2.21. The van der Waals surface area contributed by atoms with Crippen LogP contribution in [0.5, 0.6) is 0 Å². The van der Waals surface area contributed by atoms with Crippen molar-refractivity contribution >= 4 is 11.6 Å². The van der Waals surface area contributed by atoms with E-state index in [2.05, 4.69) is 20.8 Å². The maximum absolute atomic E-state index is 7.22. The molecule has 0 unspecified atom stereocenters. The molecule has 0 aliphatic rings. The Bertz CT molecular complexity index is 283. The summed E-state index contributed by atoms with van der Waals surface area (Å²) in [5.74, 6) is 0. The maximum atomic E-state index is 7.22. The molecule has 0 fully saturated rings. The van der Waals surface area contributed by atoms with E-state index in [-0.39, 0.29) is 4.87 Å². The monoisotopic (exact) mass is 428 g/mol. The molecule has 0 bridgehead atoms. The SMILES string of the molecule is CCCCCCCCCCCC(Cl)(CCCCCCCC)CCCCCCCC. The first-order chi connectivity index (χ1) is 14.2. The molecule has 0 saturated heterocycles. The van der Waals surface area contributed by atoms with E-state index in [1.165, 1.54) is 154 Å². The van der Waals surface area contributed by atoms with Crippen molar-refractivity contribution in [2.75, 3.05) is 0 Å². The molecule has 0 amide bonds. The summed E-state index contributed by atoms with van der Waals surface area (Å²) >= 11 is 7.22. The molecule has 0 atom stereocenters. The Morgan fingerprint density at radius 2 is 0.552 bits per heavy atom. The van der Waals surface area contributed by atoms with E-state index in [0.29, 0.717) is 0 Å². The van der Waals surface area contributed by atoms with Crippen molar-refractivity contribution in [3.05, 3.63) is 0 Å². The number of halogens is 1. The summed E-state index contributed by atoms with van der Waals surface area (Å²) in [6.45, 7) is 6.90. The van der Waals surface area contributed by atoms with Crippen molar-refractivity contribution in [2.24, 2.45) is 0 Å². The van der Waals surface area contributed by atoms with Crippen molar-refractivity contribution in [2.45, 2.75) is 180 Å². The molecule has 0 saturated carbocycles. The fraction of sp³-hybridized carbons (Fsp3) is 1.00. The van der Waals surface area contributed by atoms with Crippen molar-refractivity contribution in [3.8, 4) is 0 Å². The van der Waals surface area contributed by atoms with Gasteiger partial charge in [0.2, 0.25) is 0 Å². The van der Waals surface area contributed by atoms with Crippen molar-refractivity contribution in [1.29, 1.82) is 0 Å². The van der Waals surface area contributed by atoms with Crippen LogP contribution in [0.3, 0.4) is 0 Å². The van der Waals surface area contributed by atoms with E-state index in [0.717, 1.165) is 0 Å². The molecule has 1 heteroatoms. The Hall–Kier alpha value is 0.290. The molecule has 0 aliphatic carbocycles. The predicted molar refractivity (Wildman–Crippen MR) is 136 cm³/mol. The minimum Gasteiger partial charge on any atom is -0.119 e. The van der Waals surface area contributed by atoms with Crippen molar-refractivity contribution < 1.29 is 0 Å². The molecule has 0 N–H and O–H groups in total. The Morgan fingerprint density at radius 1 is 0.345 bits per heavy atom. The topological polar surface area (TPSA) is 0 Å². The molecular formula is C28H57Cl. The Kier molecular flexibility index (Phi) is 23.2. The Balaban J connectivity index is 3.99. The van der Waals surface area contributed by atoms with Crippen LogP contribution in [0, 0.1) is 0 Å². The van der Waals surface area contributed by atoms with E-state index in [1.54, 1.807) is 0 Å². The van der Waals surface area contributed by atoms with Crippen LogP contribution in [0.25, 0.3) is 0 Å². The maximum Gasteiger partial charge on any atom is 0.0446 e. The number of unbranched alkanes of at least 4 members (excludes halogenated alkanes) is 18. The van der Waals surface area contributed by atoms with Gasteiger partial charge >= 0.3 is 0 Å². The minimum atomic E-state index is 0.108. The average molecular weight is 429 g/mol. The van der Waals surface area contributed by atoms with E-state index in [4.69, 9.17) is 11.6 Å². The molecule has 0 aliphatic heterocycles. The summed E-state index contributed by atoms with van der Waals surface area (Å²) in [7, 11) is 0. The van der Waals surface area contributed by atoms with Gasteiger partial charge in [0.1, 0.15) is 0 Å². The van der Waals surface area contributed by atoms with Crippen LogP contribution in [0.1, 0.15) is 175 Å². The van der Waals surface area contributed by atoms with Gasteiger partial charge in [-0.05, 0) is 19.3 Å². The van der Waals surface area contributed by atoms with Crippen molar-refractivity contribution in [1.82, 2.24) is 0 Å². The summed E-state index contributed by atoms with van der Waals surface area (Å²) < 4.78 is 0. The Labute approximate surface area is 191 Å². The van der Waals surface area contributed by atoms with Crippen LogP contribution in [0.4, 0.5) is 0 Å². The lowest BCUT2D eigenvalue weighted by atomic mass is 9.88. The molecule has 0 aromatic rings. The molecule has 176 valence electrons. The number of alkyl halides is 1. The molecule has 0 aromatic heterocycles. The predicted octanol–water partition coefficient (Wildman–Crippen LogP) is 11.4. The molecule has 29 heavy (non-hydrogen) atoms. The summed E-state index contributed by atoms with van der Waals surface area (Å²) in [5, 5.41) is 0. The van der Waals surface area contributed by atoms with Crippen LogP contribution in [0.15, 0.2) is 0 Å². The normalized spacial score (nSPS) is 12.0. The van der Waals surface area contributed by atoms with Crippen LogP contribution in [-0.2, 0) is 0 Å². The van der Waals surface area contributed by atoms with E-state index < -0.39 is 0 Å². The zero-order chi connectivity index (χ0) is 21.5. The van der Waals surface area contributed by atoms with Gasteiger partial charge in [0.15, 0.2) is 0 Å². The van der Waals surface area contributed by atoms with Crippen molar-refractivity contribution in [3.63, 3.8) is 0 Å². The zero-order valence-electron chi connectivity index (χ0n) is 20.8. The Morgan fingerprint density at radius 3 is 0.793 bits per heavy atom. The molecule has 0 rings (SSSR count). The highest BCUT2D eigenvalue weighted by Gasteiger charge is 2.25. The lowest BCUT2D eigenvalue weighted by molar-refractivity contribution is 0.395. The third-order valence-corrected chi connectivity index (χ3v) is 7.25. The van der Waals surface area contributed by atoms with Gasteiger partial charge in [-0.3, -0.25) is 0 Å². The first-order valence-electron chi connectivity index (χ1n) is 13.9. The number of rotatable bonds is 24. The fourth-order valence-electron chi connectivity index (χ4n) is 4.57. The highest BCUT2D eigenvalue weighted by Crippen LogP contribution is 2.35. The summed E-state index contributed by atoms with van der Waals surface area (Å²) in [6.07, 6.45) is 33.1. The first-order valence-corrected chi connectivity index (χ1v) is 14.2. The molecule has 0 aromatic carbocycles. The quantitative estimate of drug-likeness (QED) is 0.106. The van der Waals surface area contributed by atoms with E-state index >= 15 is 0 Å². The molecular weight excluding hydrogens is 372 g/mol. The third-order valence-electron chi connectivity index (χ3n) is 6.69. The van der Waals surface area contributed by atoms with Gasteiger partial charge < -0.3 is 0 Å². The number of hydrogen-bond acceptors (Lipinski definition) is 0. The van der Waals surface area contributed by atoms with Gasteiger partial charge in [0.25, 0.3) is 0 Å². The summed E-state index contributed by atoms with van der Waals surface area (Å²) in [6, 6.07) is 0. The molecule has 0 heterocycles. The standard InChI is InChI=1S/C28H57Cl/c1-4-7-10-13-16-17-18-21-24-27-28(29,25-22-19-14-11-8-5-2)26-23-20-15-12-9-6-3/h4-27H2,1-3H3. The van der Waals surface area contributed by atoms with Crippen LogP contribution in [0.2, 0.25) is 0 Å². The lowest BCUT2D eigenvalue weighted by Gasteiger charge is -2.27. The number of hydrogen-bond donors (Lipinski definition) is 0. The molecule has 0 nitrogen and oxygen atoms in total. The fourth-order valence-corrected chi connectivity index (χ4v) is 4.97. The summed E-state index contributed by atoms with van der Waals surface area (Å²) in [4.78, 5) is 0.108. The average Bonchev–Trinajstić information content (AvgIpc) is 2.72. The highest BCUT2D eigenvalue weighted by atomic mass is 35.5. The van der Waals surface area contributed by atoms with Crippen LogP contribution >= 0.6 is 11.6 Å². The third kappa shape index (κ3) is 21.3. The summed E-state index contributed by atoms with van der Waals surface area (Å²) in [5.41, 5.74) is 0. The van der Waals surface area contributed by atoms with Gasteiger partial charge in [-0.15, -0.1) is 11.6 Å². The first kappa shape index (κ1) is 29.3. The second-order valence-corrected chi connectivity index (χ2v) is 10.6. The van der Waals surface area contributed by atoms with Gasteiger partial charge in [-0.25, -0.2) is 0 Å². The molecule has 0 radical (unpaired) electrons. The van der Waals surface area contributed by atoms with E-state index in [1.807, 2.05) is 0 Å². The molecule has 0 spiro atoms. The van der Waals surface area contributed by atoms with Gasteiger partial charge in [-0.1, -0.05) is 156 Å². The van der Waals surface area contributed by atoms with Crippen LogP contribution in [-0.4, -0.2) is 4.87 Å². The second-order valence-electron chi connectivity index (χ2n) is 9.76. The highest BCUT2D eigenvalue weighted by molar-refractivity contribution is 6.23. The van der Waals surface area contributed by atoms with Gasteiger partial charge in [0.05, 0.1) is 0 Å². The van der Waals surface area contributed by atoms with Gasteiger partial charge in [-0.2, -0.15) is 0 Å². The van der Waals surface area contributed by atoms with E-state index in [9.17, 15) is 0 Å². The van der Waals surface area contributed by atoms with Crippen LogP contribution < -0.4 is 0 Å². The largest absolute Gasteiger partial charge is 0.119 e. The minimum absolute atomic E-state index is 0.108. The smallest absolute Gasteiger partial charge is 0.0446 e. The second kappa shape index (κ2) is 23.0. The zero-order valence-corrected chi connectivity index (χ0v) is 21.6. The van der Waals surface area contributed by atoms with Gasteiger partial charge in [0, 0.05) is 4.87 Å².